The number of aliphatic carboxylic acids is 3. The van der Waals surface area contributed by atoms with E-state index < -0.39 is 103 Å². The highest BCUT2D eigenvalue weighted by molar-refractivity contribution is 5.92. The molecule has 2 amide bonds. The maximum Gasteiger partial charge on any atom is 0.514 e. The molecular formula is C45H43N3O18. The lowest BCUT2D eigenvalue weighted by Crippen LogP contribution is -2.54. The minimum atomic E-state index is -1.73. The zero-order valence-corrected chi connectivity index (χ0v) is 35.0. The second kappa shape index (κ2) is 21.5. The second-order valence-electron chi connectivity index (χ2n) is 15.1. The molecule has 1 fully saturated rings. The number of benzene rings is 4. The highest BCUT2D eigenvalue weighted by Crippen LogP contribution is 2.45. The molecule has 6 rings (SSSR count). The summed E-state index contributed by atoms with van der Waals surface area (Å²) in [6.07, 6.45) is -8.12. The maximum atomic E-state index is 13.4. The van der Waals surface area contributed by atoms with Crippen LogP contribution >= 0.6 is 0 Å². The normalized spacial score (nSPS) is 18.3. The number of ether oxygens (including phenoxy) is 6. The van der Waals surface area contributed by atoms with Gasteiger partial charge in [0.15, 0.2) is 6.10 Å². The Hall–Kier alpha value is -8.07. The number of esters is 1. The van der Waals surface area contributed by atoms with E-state index in [1.54, 1.807) is 0 Å². The predicted octanol–water partition coefficient (Wildman–Crippen LogP) is 5.73. The Labute approximate surface area is 374 Å². The lowest BCUT2D eigenvalue weighted by Gasteiger charge is -2.44. The number of carboxylic acid groups (broad SMARTS) is 3. The smallest absolute Gasteiger partial charge is 0.481 e. The van der Waals surface area contributed by atoms with Crippen molar-refractivity contribution in [1.82, 2.24) is 5.32 Å². The molecule has 0 spiro atoms. The number of hydrogen-bond donors (Lipinski definition) is 5. The van der Waals surface area contributed by atoms with Crippen molar-refractivity contribution >= 4 is 53.4 Å². The summed E-state index contributed by atoms with van der Waals surface area (Å²) in [6.45, 7) is -0.650. The molecule has 1 saturated heterocycles. The Balaban J connectivity index is 1.18. The molecule has 1 unspecified atom stereocenters. The molecule has 346 valence electrons. The van der Waals surface area contributed by atoms with Gasteiger partial charge < -0.3 is 54.4 Å². The monoisotopic (exact) mass is 913 g/mol. The van der Waals surface area contributed by atoms with E-state index in [-0.39, 0.29) is 53.9 Å². The first-order chi connectivity index (χ1) is 31.6. The fourth-order valence-electron chi connectivity index (χ4n) is 8.00. The van der Waals surface area contributed by atoms with Crippen LogP contribution in [0.15, 0.2) is 91.0 Å². The zero-order valence-electron chi connectivity index (χ0n) is 35.0. The summed E-state index contributed by atoms with van der Waals surface area (Å²) in [6, 6.07) is 24.1. The third-order valence-electron chi connectivity index (χ3n) is 10.9. The van der Waals surface area contributed by atoms with Gasteiger partial charge in [-0.2, -0.15) is 0 Å². The molecule has 1 aliphatic carbocycles. The summed E-state index contributed by atoms with van der Waals surface area (Å²) in [5.41, 5.74) is 3.94. The van der Waals surface area contributed by atoms with E-state index in [4.69, 9.17) is 28.4 Å². The first kappa shape index (κ1) is 47.4. The molecule has 21 heteroatoms. The van der Waals surface area contributed by atoms with Crippen LogP contribution in [-0.2, 0) is 49.5 Å². The molecule has 0 saturated carbocycles. The van der Waals surface area contributed by atoms with E-state index >= 15 is 0 Å². The van der Waals surface area contributed by atoms with E-state index in [0.29, 0.717) is 0 Å². The average Bonchev–Trinajstić information content (AvgIpc) is 3.60. The van der Waals surface area contributed by atoms with Crippen LogP contribution < -0.4 is 20.1 Å². The Morgan fingerprint density at radius 3 is 1.97 bits per heavy atom. The molecule has 1 aliphatic heterocycles. The van der Waals surface area contributed by atoms with Gasteiger partial charge in [0.2, 0.25) is 12.2 Å². The van der Waals surface area contributed by atoms with Crippen LogP contribution in [0.3, 0.4) is 0 Å². The number of carboxylic acids is 3. The molecule has 4 aromatic carbocycles. The highest BCUT2D eigenvalue weighted by atomic mass is 16.7. The van der Waals surface area contributed by atoms with Crippen molar-refractivity contribution in [2.75, 3.05) is 25.6 Å². The van der Waals surface area contributed by atoms with Crippen LogP contribution in [0.5, 0.6) is 11.5 Å². The number of nitrogens with zero attached hydrogens (tertiary/aromatic N) is 1. The number of nitrogens with one attached hydrogen (secondary N) is 2. The number of fused-ring (bicyclic) bond motifs is 3. The van der Waals surface area contributed by atoms with Crippen molar-refractivity contribution in [3.63, 3.8) is 0 Å². The maximum absolute atomic E-state index is 13.4. The van der Waals surface area contributed by atoms with E-state index in [2.05, 4.69) is 10.6 Å². The molecule has 2 aliphatic rings. The number of amides is 2. The van der Waals surface area contributed by atoms with Gasteiger partial charge in [0, 0.05) is 49.3 Å². The molecule has 1 heterocycles. The minimum absolute atomic E-state index is 0.0242. The summed E-state index contributed by atoms with van der Waals surface area (Å²) >= 11 is 0. The number of alkyl carbamates (subject to hydrolysis) is 1. The van der Waals surface area contributed by atoms with Crippen LogP contribution in [0.1, 0.15) is 48.3 Å². The van der Waals surface area contributed by atoms with Gasteiger partial charge >= 0.3 is 36.1 Å². The van der Waals surface area contributed by atoms with Crippen molar-refractivity contribution in [1.29, 1.82) is 0 Å². The predicted molar refractivity (Wildman–Crippen MR) is 225 cm³/mol. The van der Waals surface area contributed by atoms with E-state index in [0.717, 1.165) is 41.5 Å². The fourth-order valence-corrected chi connectivity index (χ4v) is 8.00. The second-order valence-corrected chi connectivity index (χ2v) is 15.1. The third kappa shape index (κ3) is 11.9. The summed E-state index contributed by atoms with van der Waals surface area (Å²) in [4.78, 5) is 98.2. The minimum Gasteiger partial charge on any atom is -0.481 e. The highest BCUT2D eigenvalue weighted by Gasteiger charge is 2.52. The van der Waals surface area contributed by atoms with Crippen LogP contribution in [0, 0.1) is 27.9 Å². The molecule has 0 aromatic heterocycles. The van der Waals surface area contributed by atoms with Crippen LogP contribution in [0.2, 0.25) is 0 Å². The number of hydrogen-bond acceptors (Lipinski definition) is 15. The molecule has 5 N–H and O–H groups in total. The molecule has 66 heavy (non-hydrogen) atoms. The largest absolute Gasteiger partial charge is 0.514 e. The Bertz CT molecular complexity index is 2450. The topological polar surface area (TPSA) is 303 Å². The number of anilines is 1. The molecule has 0 radical (unpaired) electrons. The van der Waals surface area contributed by atoms with Crippen molar-refractivity contribution < 1.29 is 82.2 Å². The molecule has 5 atom stereocenters. The summed E-state index contributed by atoms with van der Waals surface area (Å²) in [5, 5.41) is 45.5. The van der Waals surface area contributed by atoms with Crippen LogP contribution in [0.4, 0.5) is 21.0 Å². The van der Waals surface area contributed by atoms with E-state index in [9.17, 15) is 59.0 Å². The third-order valence-corrected chi connectivity index (χ3v) is 10.9. The zero-order chi connectivity index (χ0) is 47.5. The number of carbonyl (C=O) groups is 7. The Morgan fingerprint density at radius 1 is 0.758 bits per heavy atom. The van der Waals surface area contributed by atoms with Crippen molar-refractivity contribution in [3.05, 3.63) is 118 Å². The van der Waals surface area contributed by atoms with Crippen LogP contribution in [0.25, 0.3) is 11.1 Å². The fraction of sp³-hybridized carbons (Fsp3) is 0.311. The van der Waals surface area contributed by atoms with E-state index in [1.807, 2.05) is 48.5 Å². The van der Waals surface area contributed by atoms with Gasteiger partial charge in [0.05, 0.1) is 30.6 Å². The summed E-state index contributed by atoms with van der Waals surface area (Å²) in [7, 11) is 0.994. The Kier molecular flexibility index (Phi) is 15.5. The number of nitro benzene ring substituents is 1. The van der Waals surface area contributed by atoms with Crippen molar-refractivity contribution in [3.8, 4) is 22.6 Å². The van der Waals surface area contributed by atoms with Crippen molar-refractivity contribution in [2.24, 2.45) is 17.8 Å². The molecular weight excluding hydrogens is 870 g/mol. The quantitative estimate of drug-likeness (QED) is 0.0247. The van der Waals surface area contributed by atoms with Gasteiger partial charge in [-0.3, -0.25) is 29.3 Å². The number of nitro groups is 1. The molecule has 4 aromatic rings. The van der Waals surface area contributed by atoms with Crippen LogP contribution in [-0.4, -0.2) is 94.9 Å². The van der Waals surface area contributed by atoms with Crippen molar-refractivity contribution in [2.45, 2.75) is 50.6 Å². The Morgan fingerprint density at radius 2 is 1.36 bits per heavy atom. The lowest BCUT2D eigenvalue weighted by molar-refractivity contribution is -0.384. The summed E-state index contributed by atoms with van der Waals surface area (Å²) < 4.78 is 32.7. The van der Waals surface area contributed by atoms with Gasteiger partial charge in [0.1, 0.15) is 24.7 Å². The van der Waals surface area contributed by atoms with Gasteiger partial charge in [-0.15, -0.1) is 0 Å². The number of methoxy groups -OCH3 is 1. The molecule has 21 nitrogen and oxygen atoms in total. The van der Waals surface area contributed by atoms with Gasteiger partial charge in [0.25, 0.3) is 5.69 Å². The SMILES string of the molecule is COC(=O)[C@@H]1OC(Oc2ccc(COC(=O)Oc3ccc([N+](=O)[O-])cc3)cc2NC(=O)CCNC(=O)OCC2c3ccccc3-c3ccccc32)[C@@H](CC(=O)O)[C@H](CC(=O)O)[C@H]1CC(=O)O. The standard InChI is InChI=1S/C45H43N3O18/c1-61-42(56)41-32(20-39(52)53)31(19-38(50)51)33(21-40(54)55)43(66-41)65-36-15-10-24(22-63-45(58)64-26-13-11-25(12-14-26)48(59)60)18-35(36)47-37(49)16-17-46-44(57)62-23-34-29-8-4-2-6-27(29)28-7-3-5-9-30(28)34/h2-15,18,31-34,41,43H,16-17,19-23H2,1H3,(H,46,57)(H,47,49)(H,50,51)(H,52,53)(H,54,55)/t31-,32-,33+,41-,43?/m1/s1. The summed E-state index contributed by atoms with van der Waals surface area (Å²) in [5.74, 6) is -10.6. The van der Waals surface area contributed by atoms with Gasteiger partial charge in [-0.25, -0.2) is 14.4 Å². The van der Waals surface area contributed by atoms with Gasteiger partial charge in [-0.1, -0.05) is 54.6 Å². The average molecular weight is 914 g/mol. The lowest BCUT2D eigenvalue weighted by atomic mass is 9.71. The molecule has 0 bridgehead atoms. The number of rotatable bonds is 19. The van der Waals surface area contributed by atoms with E-state index in [1.165, 1.54) is 30.3 Å². The first-order valence-corrected chi connectivity index (χ1v) is 20.3. The number of non-ortho nitro benzene ring substituents is 1. The first-order valence-electron chi connectivity index (χ1n) is 20.3. The number of carbonyl (C=O) groups excluding carboxylic acids is 4. The van der Waals surface area contributed by atoms with Gasteiger partial charge in [-0.05, 0) is 58.0 Å².